The van der Waals surface area contributed by atoms with Crippen molar-refractivity contribution in [3.05, 3.63) is 29.6 Å². The molecular weight excluding hydrogens is 274 g/mol. The summed E-state index contributed by atoms with van der Waals surface area (Å²) in [6.45, 7) is 2.93. The number of likely N-dealkylation sites (N-methyl/N-ethyl adjacent to an activating group) is 1. The van der Waals surface area contributed by atoms with E-state index in [1.165, 1.54) is 0 Å². The third-order valence-electron chi connectivity index (χ3n) is 4.12. The average Bonchev–Trinajstić information content (AvgIpc) is 2.37. The maximum Gasteiger partial charge on any atom is 0.152 e. The van der Waals surface area contributed by atoms with E-state index in [1.807, 2.05) is 32.2 Å². The number of hydrogen-bond donors (Lipinski definition) is 1. The zero-order valence-electron chi connectivity index (χ0n) is 12.2. The zero-order chi connectivity index (χ0) is 14.8. The van der Waals surface area contributed by atoms with Crippen molar-refractivity contribution in [1.82, 2.24) is 9.88 Å². The van der Waals surface area contributed by atoms with Gasteiger partial charge >= 0.3 is 0 Å². The Morgan fingerprint density at radius 2 is 2.20 bits per heavy atom. The van der Waals surface area contributed by atoms with E-state index >= 15 is 0 Å². The van der Waals surface area contributed by atoms with Gasteiger partial charge in [-0.2, -0.15) is 0 Å². The van der Waals surface area contributed by atoms with E-state index in [0.717, 1.165) is 17.8 Å². The van der Waals surface area contributed by atoms with Crippen molar-refractivity contribution in [3.63, 3.8) is 0 Å². The van der Waals surface area contributed by atoms with Gasteiger partial charge in [-0.3, -0.25) is 9.88 Å². The van der Waals surface area contributed by atoms with Crippen molar-refractivity contribution in [1.29, 1.82) is 0 Å². The summed E-state index contributed by atoms with van der Waals surface area (Å²) in [4.78, 5) is 6.54. The van der Waals surface area contributed by atoms with Gasteiger partial charge in [0.25, 0.3) is 0 Å². The molecule has 0 saturated carbocycles. The van der Waals surface area contributed by atoms with E-state index in [4.69, 9.17) is 5.73 Å². The molecule has 0 amide bonds. The van der Waals surface area contributed by atoms with Crippen LogP contribution in [0.5, 0.6) is 0 Å². The predicted molar refractivity (Wildman–Crippen MR) is 80.1 cm³/mol. The van der Waals surface area contributed by atoms with Gasteiger partial charge in [0.1, 0.15) is 0 Å². The highest BCUT2D eigenvalue weighted by molar-refractivity contribution is 7.91. The molecule has 1 aromatic heterocycles. The lowest BCUT2D eigenvalue weighted by atomic mass is 9.93. The van der Waals surface area contributed by atoms with Gasteiger partial charge < -0.3 is 5.73 Å². The second-order valence-electron chi connectivity index (χ2n) is 5.75. The highest BCUT2D eigenvalue weighted by Gasteiger charge is 2.41. The van der Waals surface area contributed by atoms with Crippen LogP contribution in [0.3, 0.4) is 0 Å². The molecule has 2 N–H and O–H groups in total. The number of nitrogens with zero attached hydrogens (tertiary/aromatic N) is 2. The Kier molecular flexibility index (Phi) is 4.46. The molecule has 112 valence electrons. The first-order valence-electron chi connectivity index (χ1n) is 6.91. The van der Waals surface area contributed by atoms with Gasteiger partial charge in [-0.05, 0) is 38.9 Å². The zero-order valence-corrected chi connectivity index (χ0v) is 13.0. The Morgan fingerprint density at radius 1 is 1.45 bits per heavy atom. The van der Waals surface area contributed by atoms with Crippen molar-refractivity contribution in [2.75, 3.05) is 25.1 Å². The van der Waals surface area contributed by atoms with Crippen molar-refractivity contribution in [2.24, 2.45) is 5.73 Å². The second-order valence-corrected chi connectivity index (χ2v) is 7.93. The summed E-state index contributed by atoms with van der Waals surface area (Å²) in [6.07, 6.45) is 1.51. The molecule has 5 nitrogen and oxygen atoms in total. The SMILES string of the molecule is Cc1cccc(CN(C)C2(CN)CCCS(=O)(=O)C2)n1. The maximum atomic E-state index is 11.9. The van der Waals surface area contributed by atoms with Crippen LogP contribution in [0.15, 0.2) is 18.2 Å². The van der Waals surface area contributed by atoms with Crippen LogP contribution in [0.2, 0.25) is 0 Å². The molecule has 0 aliphatic carbocycles. The van der Waals surface area contributed by atoms with Gasteiger partial charge in [0.05, 0.1) is 17.2 Å². The van der Waals surface area contributed by atoms with Gasteiger partial charge in [-0.15, -0.1) is 0 Å². The van der Waals surface area contributed by atoms with Crippen LogP contribution in [-0.2, 0) is 16.4 Å². The molecule has 2 heterocycles. The van der Waals surface area contributed by atoms with Gasteiger partial charge in [-0.25, -0.2) is 8.42 Å². The first-order valence-corrected chi connectivity index (χ1v) is 8.73. The number of sulfone groups is 1. The van der Waals surface area contributed by atoms with Gasteiger partial charge in [0.2, 0.25) is 0 Å². The second kappa shape index (κ2) is 5.79. The van der Waals surface area contributed by atoms with Crippen LogP contribution < -0.4 is 5.73 Å². The van der Waals surface area contributed by atoms with Gasteiger partial charge in [0, 0.05) is 24.3 Å². The quantitative estimate of drug-likeness (QED) is 0.886. The minimum atomic E-state index is -2.99. The third kappa shape index (κ3) is 3.37. The molecule has 1 fully saturated rings. The smallest absolute Gasteiger partial charge is 0.152 e. The summed E-state index contributed by atoms with van der Waals surface area (Å²) in [5, 5.41) is 0. The molecule has 0 bridgehead atoms. The van der Waals surface area contributed by atoms with Gasteiger partial charge in [-0.1, -0.05) is 6.07 Å². The topological polar surface area (TPSA) is 76.3 Å². The number of aromatic nitrogens is 1. The number of aryl methyl sites for hydroxylation is 1. The lowest BCUT2D eigenvalue weighted by molar-refractivity contribution is 0.122. The van der Waals surface area contributed by atoms with Gasteiger partial charge in [0.15, 0.2) is 9.84 Å². The molecule has 1 aliphatic heterocycles. The number of nitrogens with two attached hydrogens (primary N) is 1. The first kappa shape index (κ1) is 15.4. The monoisotopic (exact) mass is 297 g/mol. The van der Waals surface area contributed by atoms with Crippen molar-refractivity contribution < 1.29 is 8.42 Å². The molecule has 0 radical (unpaired) electrons. The Labute approximate surface area is 121 Å². The Bertz CT molecular complexity index is 574. The molecular formula is C14H23N3O2S. The predicted octanol–water partition coefficient (Wildman–Crippen LogP) is 0.728. The van der Waals surface area contributed by atoms with Crippen molar-refractivity contribution in [2.45, 2.75) is 31.8 Å². The van der Waals surface area contributed by atoms with Crippen LogP contribution in [-0.4, -0.2) is 48.9 Å². The average molecular weight is 297 g/mol. The normalized spacial score (nSPS) is 25.8. The molecule has 1 aliphatic rings. The summed E-state index contributed by atoms with van der Waals surface area (Å²) in [7, 11) is -1.05. The fourth-order valence-electron chi connectivity index (χ4n) is 2.89. The summed E-state index contributed by atoms with van der Waals surface area (Å²) in [5.74, 6) is 0.435. The molecule has 0 aromatic carbocycles. The van der Waals surface area contributed by atoms with Crippen LogP contribution >= 0.6 is 0 Å². The van der Waals surface area contributed by atoms with E-state index in [9.17, 15) is 8.42 Å². The van der Waals surface area contributed by atoms with Crippen molar-refractivity contribution in [3.8, 4) is 0 Å². The van der Waals surface area contributed by atoms with Crippen LogP contribution in [0, 0.1) is 6.92 Å². The standard InChI is InChI=1S/C14H23N3O2S/c1-12-5-3-6-13(16-12)9-17(2)14(10-15)7-4-8-20(18,19)11-14/h3,5-6H,4,7-11,15H2,1-2H3. The van der Waals surface area contributed by atoms with Crippen LogP contribution in [0.4, 0.5) is 0 Å². The summed E-state index contributed by atoms with van der Waals surface area (Å²) in [5.41, 5.74) is 7.38. The van der Waals surface area contributed by atoms with E-state index in [1.54, 1.807) is 0 Å². The van der Waals surface area contributed by atoms with E-state index in [-0.39, 0.29) is 11.5 Å². The van der Waals surface area contributed by atoms with E-state index in [0.29, 0.717) is 19.5 Å². The number of rotatable bonds is 4. The summed E-state index contributed by atoms with van der Waals surface area (Å²) in [6, 6.07) is 5.89. The minimum absolute atomic E-state index is 0.152. The summed E-state index contributed by atoms with van der Waals surface area (Å²) >= 11 is 0. The fraction of sp³-hybridized carbons (Fsp3) is 0.643. The van der Waals surface area contributed by atoms with E-state index in [2.05, 4.69) is 9.88 Å². The molecule has 1 aromatic rings. The molecule has 1 saturated heterocycles. The number of pyridine rings is 1. The van der Waals surface area contributed by atoms with Crippen LogP contribution in [0.25, 0.3) is 0 Å². The van der Waals surface area contributed by atoms with Crippen LogP contribution in [0.1, 0.15) is 24.2 Å². The Morgan fingerprint density at radius 3 is 2.80 bits per heavy atom. The molecule has 6 heteroatoms. The Hall–Kier alpha value is -0.980. The highest BCUT2D eigenvalue weighted by Crippen LogP contribution is 2.28. The number of hydrogen-bond acceptors (Lipinski definition) is 5. The summed E-state index contributed by atoms with van der Waals surface area (Å²) < 4.78 is 23.9. The molecule has 0 spiro atoms. The maximum absolute atomic E-state index is 11.9. The highest BCUT2D eigenvalue weighted by atomic mass is 32.2. The molecule has 1 atom stereocenters. The fourth-order valence-corrected chi connectivity index (χ4v) is 4.92. The molecule has 2 rings (SSSR count). The minimum Gasteiger partial charge on any atom is -0.329 e. The van der Waals surface area contributed by atoms with Crippen molar-refractivity contribution >= 4 is 9.84 Å². The lowest BCUT2D eigenvalue weighted by Crippen LogP contribution is -2.58. The molecule has 20 heavy (non-hydrogen) atoms. The Balaban J connectivity index is 2.18. The largest absolute Gasteiger partial charge is 0.329 e. The first-order chi connectivity index (χ1) is 9.37. The van der Waals surface area contributed by atoms with E-state index < -0.39 is 15.4 Å². The third-order valence-corrected chi connectivity index (χ3v) is 6.01. The molecule has 1 unspecified atom stereocenters. The lowest BCUT2D eigenvalue weighted by Gasteiger charge is -2.43.